The maximum absolute atomic E-state index is 12.9. The molecule has 156 valence electrons. The van der Waals surface area contributed by atoms with Gasteiger partial charge in [-0.15, -0.1) is 0 Å². The molecule has 3 N–H and O–H groups in total. The maximum atomic E-state index is 12.9. The molecule has 3 rings (SSSR count). The highest BCUT2D eigenvalue weighted by Gasteiger charge is 2.32. The standard InChI is InChI=1S/C22H24N4O4/c1-14(23)16-6-8-17(9-7-16)25-21(28)13-20-22(29)26(10-11-30-20)19-5-3-4-18(12-19)24-15(2)27/h3-9,12,20,23H,10-11,13H2,1-2H3,(H,24,27)(H,25,28). The molecular formula is C22H24N4O4. The van der Waals surface area contributed by atoms with Gasteiger partial charge in [-0.2, -0.15) is 0 Å². The fourth-order valence-corrected chi connectivity index (χ4v) is 3.18. The lowest BCUT2D eigenvalue weighted by molar-refractivity contribution is -0.137. The molecule has 0 aliphatic carbocycles. The van der Waals surface area contributed by atoms with Gasteiger partial charge in [0.15, 0.2) is 0 Å². The summed E-state index contributed by atoms with van der Waals surface area (Å²) in [6.45, 7) is 3.78. The van der Waals surface area contributed by atoms with Gasteiger partial charge in [-0.25, -0.2) is 0 Å². The quantitative estimate of drug-likeness (QED) is 0.638. The molecule has 0 saturated carbocycles. The first-order valence-corrected chi connectivity index (χ1v) is 9.59. The molecule has 1 heterocycles. The summed E-state index contributed by atoms with van der Waals surface area (Å²) in [4.78, 5) is 38.1. The molecule has 0 radical (unpaired) electrons. The predicted octanol–water partition coefficient (Wildman–Crippen LogP) is 2.79. The van der Waals surface area contributed by atoms with E-state index in [2.05, 4.69) is 10.6 Å². The summed E-state index contributed by atoms with van der Waals surface area (Å²) < 4.78 is 5.55. The molecule has 1 fully saturated rings. The molecule has 2 aromatic rings. The van der Waals surface area contributed by atoms with Crippen molar-refractivity contribution in [2.45, 2.75) is 26.4 Å². The molecule has 8 heteroatoms. The van der Waals surface area contributed by atoms with Crippen LogP contribution in [0.15, 0.2) is 48.5 Å². The number of ether oxygens (including phenoxy) is 1. The van der Waals surface area contributed by atoms with Crippen LogP contribution < -0.4 is 15.5 Å². The molecule has 0 spiro atoms. The zero-order valence-electron chi connectivity index (χ0n) is 16.9. The van der Waals surface area contributed by atoms with Gasteiger partial charge >= 0.3 is 0 Å². The molecule has 8 nitrogen and oxygen atoms in total. The van der Waals surface area contributed by atoms with Gasteiger partial charge in [0, 0.05) is 36.2 Å². The highest BCUT2D eigenvalue weighted by Crippen LogP contribution is 2.24. The lowest BCUT2D eigenvalue weighted by atomic mass is 10.1. The van der Waals surface area contributed by atoms with Gasteiger partial charge in [-0.1, -0.05) is 18.2 Å². The van der Waals surface area contributed by atoms with Crippen LogP contribution >= 0.6 is 0 Å². The van der Waals surface area contributed by atoms with Gasteiger partial charge in [0.05, 0.1) is 13.0 Å². The number of carbonyl (C=O) groups is 3. The number of amides is 3. The minimum atomic E-state index is -0.883. The maximum Gasteiger partial charge on any atom is 0.256 e. The second kappa shape index (κ2) is 9.32. The van der Waals surface area contributed by atoms with E-state index in [-0.39, 0.29) is 24.1 Å². The van der Waals surface area contributed by atoms with Crippen molar-refractivity contribution in [2.75, 3.05) is 28.7 Å². The van der Waals surface area contributed by atoms with Crippen molar-refractivity contribution in [1.29, 1.82) is 5.41 Å². The van der Waals surface area contributed by atoms with Crippen LogP contribution in [0.5, 0.6) is 0 Å². The number of hydrogen-bond acceptors (Lipinski definition) is 5. The first-order chi connectivity index (χ1) is 14.3. The summed E-state index contributed by atoms with van der Waals surface area (Å²) in [7, 11) is 0. The Morgan fingerprint density at radius 1 is 1.10 bits per heavy atom. The van der Waals surface area contributed by atoms with Crippen molar-refractivity contribution in [3.05, 3.63) is 54.1 Å². The molecule has 1 unspecified atom stereocenters. The van der Waals surface area contributed by atoms with E-state index in [9.17, 15) is 14.4 Å². The lowest BCUT2D eigenvalue weighted by Crippen LogP contribution is -2.49. The van der Waals surface area contributed by atoms with Gasteiger partial charge < -0.3 is 25.7 Å². The fourth-order valence-electron chi connectivity index (χ4n) is 3.18. The third kappa shape index (κ3) is 5.30. The van der Waals surface area contributed by atoms with E-state index in [4.69, 9.17) is 10.1 Å². The summed E-state index contributed by atoms with van der Waals surface area (Å²) in [6, 6.07) is 13.9. The fraction of sp³-hybridized carbons (Fsp3) is 0.273. The van der Waals surface area contributed by atoms with Crippen molar-refractivity contribution >= 4 is 40.5 Å². The topological polar surface area (TPSA) is 112 Å². The van der Waals surface area contributed by atoms with E-state index in [0.29, 0.717) is 35.9 Å². The number of anilines is 3. The van der Waals surface area contributed by atoms with E-state index < -0.39 is 6.10 Å². The van der Waals surface area contributed by atoms with Crippen molar-refractivity contribution < 1.29 is 19.1 Å². The first kappa shape index (κ1) is 21.2. The van der Waals surface area contributed by atoms with E-state index in [1.807, 2.05) is 0 Å². The average molecular weight is 408 g/mol. The summed E-state index contributed by atoms with van der Waals surface area (Å²) in [5.41, 5.74) is 3.04. The Morgan fingerprint density at radius 2 is 1.83 bits per heavy atom. The Hall–Kier alpha value is -3.52. The Kier molecular flexibility index (Phi) is 6.58. The van der Waals surface area contributed by atoms with Gasteiger partial charge in [-0.3, -0.25) is 14.4 Å². The normalized spacial score (nSPS) is 16.1. The smallest absolute Gasteiger partial charge is 0.256 e. The second-order valence-corrected chi connectivity index (χ2v) is 7.04. The number of benzene rings is 2. The van der Waals surface area contributed by atoms with Crippen LogP contribution in [0, 0.1) is 5.41 Å². The summed E-state index contributed by atoms with van der Waals surface area (Å²) in [6.07, 6.45) is -0.988. The summed E-state index contributed by atoms with van der Waals surface area (Å²) >= 11 is 0. The Labute approximate surface area is 174 Å². The van der Waals surface area contributed by atoms with Crippen LogP contribution in [0.25, 0.3) is 0 Å². The number of carbonyl (C=O) groups excluding carboxylic acids is 3. The van der Waals surface area contributed by atoms with E-state index in [1.54, 1.807) is 60.4 Å². The van der Waals surface area contributed by atoms with Gasteiger partial charge in [0.1, 0.15) is 6.10 Å². The Balaban J connectivity index is 1.64. The third-order valence-electron chi connectivity index (χ3n) is 4.63. The average Bonchev–Trinajstić information content (AvgIpc) is 2.69. The summed E-state index contributed by atoms with van der Waals surface area (Å²) in [5.74, 6) is -0.827. The zero-order chi connectivity index (χ0) is 21.7. The van der Waals surface area contributed by atoms with E-state index in [1.165, 1.54) is 6.92 Å². The zero-order valence-corrected chi connectivity index (χ0v) is 16.9. The molecule has 1 atom stereocenters. The number of nitrogens with one attached hydrogen (secondary N) is 3. The molecule has 1 aliphatic heterocycles. The minimum Gasteiger partial charge on any atom is -0.366 e. The van der Waals surface area contributed by atoms with Crippen molar-refractivity contribution in [1.82, 2.24) is 0 Å². The number of hydrogen-bond donors (Lipinski definition) is 3. The van der Waals surface area contributed by atoms with Crippen LogP contribution in [0.3, 0.4) is 0 Å². The SMILES string of the molecule is CC(=N)c1ccc(NC(=O)CC2OCCN(c3cccc(NC(C)=O)c3)C2=O)cc1. The molecule has 2 aromatic carbocycles. The van der Waals surface area contributed by atoms with Crippen molar-refractivity contribution in [2.24, 2.45) is 0 Å². The predicted molar refractivity (Wildman–Crippen MR) is 115 cm³/mol. The number of morpholine rings is 1. The molecule has 30 heavy (non-hydrogen) atoms. The van der Waals surface area contributed by atoms with Crippen molar-refractivity contribution in [3.63, 3.8) is 0 Å². The lowest BCUT2D eigenvalue weighted by Gasteiger charge is -2.32. The van der Waals surface area contributed by atoms with Crippen LogP contribution in [0.2, 0.25) is 0 Å². The van der Waals surface area contributed by atoms with E-state index in [0.717, 1.165) is 5.56 Å². The Morgan fingerprint density at radius 3 is 2.50 bits per heavy atom. The Bertz CT molecular complexity index is 971. The molecule has 1 aliphatic rings. The molecule has 0 bridgehead atoms. The summed E-state index contributed by atoms with van der Waals surface area (Å²) in [5, 5.41) is 13.1. The third-order valence-corrected chi connectivity index (χ3v) is 4.63. The van der Waals surface area contributed by atoms with Gasteiger partial charge in [-0.05, 0) is 42.8 Å². The molecule has 3 amide bonds. The van der Waals surface area contributed by atoms with Crippen LogP contribution in [-0.2, 0) is 19.1 Å². The second-order valence-electron chi connectivity index (χ2n) is 7.04. The van der Waals surface area contributed by atoms with Crippen LogP contribution in [0.4, 0.5) is 17.1 Å². The molecular weight excluding hydrogens is 384 g/mol. The number of nitrogens with zero attached hydrogens (tertiary/aromatic N) is 1. The van der Waals surface area contributed by atoms with Gasteiger partial charge in [0.2, 0.25) is 11.8 Å². The number of rotatable bonds is 6. The monoisotopic (exact) mass is 408 g/mol. The molecule has 0 aromatic heterocycles. The largest absolute Gasteiger partial charge is 0.366 e. The minimum absolute atomic E-state index is 0.105. The molecule has 1 saturated heterocycles. The van der Waals surface area contributed by atoms with Gasteiger partial charge in [0.25, 0.3) is 5.91 Å². The highest BCUT2D eigenvalue weighted by atomic mass is 16.5. The highest BCUT2D eigenvalue weighted by molar-refractivity contribution is 6.02. The van der Waals surface area contributed by atoms with E-state index >= 15 is 0 Å². The van der Waals surface area contributed by atoms with Crippen molar-refractivity contribution in [3.8, 4) is 0 Å². The van der Waals surface area contributed by atoms with Crippen LogP contribution in [-0.4, -0.2) is 42.7 Å². The van der Waals surface area contributed by atoms with Crippen LogP contribution in [0.1, 0.15) is 25.8 Å². The first-order valence-electron chi connectivity index (χ1n) is 9.59.